The number of rotatable bonds is 17. The smallest absolute Gasteiger partial charge is 0.264 e. The molecule has 44 heavy (non-hydrogen) atoms. The normalized spacial score (nSPS) is 22.3. The van der Waals surface area contributed by atoms with Crippen LogP contribution in [0.5, 0.6) is 0 Å². The molecule has 4 rings (SSSR count). The Morgan fingerprint density at radius 3 is 2.25 bits per heavy atom. The SMILES string of the molecule is CCCOC([C@@H](Cc1ccccc1)[C@@H](O)C[C@@H](CCC(C)C)C(=O)NC1CC2CCC1C2)S(=O)(=O)NC(=O)c1ccccc1. The second kappa shape index (κ2) is 16.0. The Labute approximate surface area is 263 Å². The lowest BCUT2D eigenvalue weighted by Gasteiger charge is -2.33. The van der Waals surface area contributed by atoms with Crippen molar-refractivity contribution in [2.75, 3.05) is 6.61 Å². The number of carbonyl (C=O) groups is 2. The Hall–Kier alpha value is -2.75. The number of carbonyl (C=O) groups excluding carboxylic acids is 2. The van der Waals surface area contributed by atoms with Crippen molar-refractivity contribution >= 4 is 21.8 Å². The predicted octanol–water partition coefficient (Wildman–Crippen LogP) is 5.47. The summed E-state index contributed by atoms with van der Waals surface area (Å²) in [5, 5.41) is 15.2. The summed E-state index contributed by atoms with van der Waals surface area (Å²) < 4.78 is 35.9. The molecule has 0 aromatic heterocycles. The fourth-order valence-electron chi connectivity index (χ4n) is 6.89. The van der Waals surface area contributed by atoms with Crippen molar-refractivity contribution in [1.29, 1.82) is 0 Å². The zero-order chi connectivity index (χ0) is 31.7. The van der Waals surface area contributed by atoms with Crippen LogP contribution in [0, 0.1) is 29.6 Å². The lowest BCUT2D eigenvalue weighted by atomic mass is 9.85. The standard InChI is InChI=1S/C35H50N2O6S/c1-4-19-43-35(44(41,42)37-34(40)27-13-9-6-10-14-27)30(21-25-11-7-5-8-12-25)32(38)23-29(17-15-24(2)3)33(39)36-31-22-26-16-18-28(31)20-26/h5-14,24,26,28-32,35,38H,4,15-23H2,1-3H3,(H,36,39)(H,37,40)/t26?,28?,29-,30+,31?,32+,35?/m1/s1. The molecule has 3 N–H and O–H groups in total. The number of aliphatic hydroxyl groups is 1. The van der Waals surface area contributed by atoms with Crippen LogP contribution in [0.15, 0.2) is 60.7 Å². The molecule has 0 heterocycles. The van der Waals surface area contributed by atoms with Gasteiger partial charge in [0.25, 0.3) is 15.9 Å². The number of aliphatic hydroxyl groups excluding tert-OH is 1. The average molecular weight is 627 g/mol. The van der Waals surface area contributed by atoms with E-state index in [9.17, 15) is 23.1 Å². The zero-order valence-electron chi connectivity index (χ0n) is 26.4. The minimum Gasteiger partial charge on any atom is -0.393 e. The maximum Gasteiger partial charge on any atom is 0.264 e. The van der Waals surface area contributed by atoms with Crippen LogP contribution in [-0.2, 0) is 26.0 Å². The first-order chi connectivity index (χ1) is 21.1. The summed E-state index contributed by atoms with van der Waals surface area (Å²) in [6.07, 6.45) is 5.65. The highest BCUT2D eigenvalue weighted by Gasteiger charge is 2.43. The van der Waals surface area contributed by atoms with Gasteiger partial charge >= 0.3 is 0 Å². The molecule has 2 saturated carbocycles. The summed E-state index contributed by atoms with van der Waals surface area (Å²) in [6.45, 7) is 6.22. The number of sulfonamides is 1. The minimum absolute atomic E-state index is 0.0630. The van der Waals surface area contributed by atoms with Crippen LogP contribution < -0.4 is 10.0 Å². The van der Waals surface area contributed by atoms with E-state index in [1.807, 2.05) is 37.3 Å². The molecule has 2 fully saturated rings. The minimum atomic E-state index is -4.39. The summed E-state index contributed by atoms with van der Waals surface area (Å²) in [6, 6.07) is 17.7. The number of ether oxygens (including phenoxy) is 1. The number of benzene rings is 2. The van der Waals surface area contributed by atoms with Crippen molar-refractivity contribution in [2.24, 2.45) is 29.6 Å². The third-order valence-corrected chi connectivity index (χ3v) is 10.8. The Morgan fingerprint density at radius 2 is 1.66 bits per heavy atom. The Balaban J connectivity index is 1.59. The lowest BCUT2D eigenvalue weighted by Crippen LogP contribution is -2.49. The van der Waals surface area contributed by atoms with Crippen molar-refractivity contribution in [3.63, 3.8) is 0 Å². The topological polar surface area (TPSA) is 122 Å². The maximum absolute atomic E-state index is 13.8. The van der Waals surface area contributed by atoms with Crippen LogP contribution in [0.3, 0.4) is 0 Å². The Bertz CT molecular complexity index is 1300. The van der Waals surface area contributed by atoms with Gasteiger partial charge in [0.05, 0.1) is 6.10 Å². The van der Waals surface area contributed by atoms with Crippen LogP contribution in [0.25, 0.3) is 0 Å². The molecule has 0 spiro atoms. The average Bonchev–Trinajstić information content (AvgIpc) is 3.63. The van der Waals surface area contributed by atoms with E-state index in [-0.39, 0.29) is 37.0 Å². The molecule has 0 saturated heterocycles. The fraction of sp³-hybridized carbons (Fsp3) is 0.600. The van der Waals surface area contributed by atoms with Crippen molar-refractivity contribution in [3.05, 3.63) is 71.8 Å². The predicted molar refractivity (Wildman–Crippen MR) is 172 cm³/mol. The quantitative estimate of drug-likeness (QED) is 0.214. The second-order valence-corrected chi connectivity index (χ2v) is 15.0. The van der Waals surface area contributed by atoms with Gasteiger partial charge in [-0.1, -0.05) is 82.1 Å². The van der Waals surface area contributed by atoms with Crippen molar-refractivity contribution in [3.8, 4) is 0 Å². The summed E-state index contributed by atoms with van der Waals surface area (Å²) >= 11 is 0. The molecule has 4 unspecified atom stereocenters. The molecule has 2 aromatic carbocycles. The van der Waals surface area contributed by atoms with Crippen LogP contribution >= 0.6 is 0 Å². The molecule has 8 nitrogen and oxygen atoms in total. The molecule has 2 aliphatic rings. The van der Waals surface area contributed by atoms with Crippen molar-refractivity contribution in [2.45, 2.75) is 96.1 Å². The molecule has 2 aliphatic carbocycles. The molecule has 0 radical (unpaired) electrons. The van der Waals surface area contributed by atoms with Gasteiger partial charge < -0.3 is 15.2 Å². The Morgan fingerprint density at radius 1 is 0.977 bits per heavy atom. The van der Waals surface area contributed by atoms with Crippen LogP contribution in [0.2, 0.25) is 0 Å². The van der Waals surface area contributed by atoms with Crippen molar-refractivity contribution in [1.82, 2.24) is 10.0 Å². The maximum atomic E-state index is 13.8. The molecule has 0 aliphatic heterocycles. The summed E-state index contributed by atoms with van der Waals surface area (Å²) in [7, 11) is -4.39. The van der Waals surface area contributed by atoms with Crippen LogP contribution in [0.4, 0.5) is 0 Å². The largest absolute Gasteiger partial charge is 0.393 e. The zero-order valence-corrected chi connectivity index (χ0v) is 27.2. The number of amides is 2. The van der Waals surface area contributed by atoms with Gasteiger partial charge in [-0.05, 0) is 80.4 Å². The molecule has 2 bridgehead atoms. The first kappa shape index (κ1) is 34.1. The lowest BCUT2D eigenvalue weighted by molar-refractivity contribution is -0.128. The highest BCUT2D eigenvalue weighted by Crippen LogP contribution is 2.44. The van der Waals surface area contributed by atoms with E-state index in [1.54, 1.807) is 18.2 Å². The molecule has 7 atom stereocenters. The summed E-state index contributed by atoms with van der Waals surface area (Å²) in [5.74, 6) is -0.640. The van der Waals surface area contributed by atoms with Gasteiger partial charge in [0.15, 0.2) is 5.44 Å². The van der Waals surface area contributed by atoms with Gasteiger partial charge in [-0.2, -0.15) is 0 Å². The molecular weight excluding hydrogens is 576 g/mol. The number of fused-ring (bicyclic) bond motifs is 2. The van der Waals surface area contributed by atoms with Gasteiger partial charge in [-0.25, -0.2) is 13.1 Å². The highest BCUT2D eigenvalue weighted by atomic mass is 32.2. The van der Waals surface area contributed by atoms with E-state index in [0.29, 0.717) is 30.6 Å². The van der Waals surface area contributed by atoms with E-state index in [4.69, 9.17) is 4.74 Å². The van der Waals surface area contributed by atoms with Crippen LogP contribution in [0.1, 0.15) is 88.1 Å². The van der Waals surface area contributed by atoms with E-state index in [1.165, 1.54) is 25.0 Å². The number of hydrogen-bond acceptors (Lipinski definition) is 6. The first-order valence-corrected chi connectivity index (χ1v) is 17.9. The second-order valence-electron chi connectivity index (χ2n) is 13.2. The van der Waals surface area contributed by atoms with Crippen LogP contribution in [-0.4, -0.2) is 49.5 Å². The van der Waals surface area contributed by atoms with E-state index in [0.717, 1.165) is 24.8 Å². The highest BCUT2D eigenvalue weighted by molar-refractivity contribution is 7.90. The number of hydrogen-bond donors (Lipinski definition) is 3. The third kappa shape index (κ3) is 9.38. The molecule has 242 valence electrons. The van der Waals surface area contributed by atoms with E-state index < -0.39 is 39.3 Å². The fourth-order valence-corrected chi connectivity index (χ4v) is 8.40. The molecular formula is C35H50N2O6S. The van der Waals surface area contributed by atoms with Crippen molar-refractivity contribution < 1.29 is 27.9 Å². The third-order valence-electron chi connectivity index (χ3n) is 9.28. The first-order valence-electron chi connectivity index (χ1n) is 16.3. The molecule has 2 amide bonds. The summed E-state index contributed by atoms with van der Waals surface area (Å²) in [5.41, 5.74) is -0.474. The van der Waals surface area contributed by atoms with E-state index >= 15 is 0 Å². The van der Waals surface area contributed by atoms with E-state index in [2.05, 4.69) is 23.9 Å². The molecule has 9 heteroatoms. The van der Waals surface area contributed by atoms with Gasteiger partial charge in [0.2, 0.25) is 5.91 Å². The van der Waals surface area contributed by atoms with Gasteiger partial charge in [0, 0.05) is 30.0 Å². The van der Waals surface area contributed by atoms with Gasteiger partial charge in [-0.3, -0.25) is 9.59 Å². The summed E-state index contributed by atoms with van der Waals surface area (Å²) in [4.78, 5) is 26.7. The van der Waals surface area contributed by atoms with Gasteiger partial charge in [0.1, 0.15) is 0 Å². The Kier molecular flexibility index (Phi) is 12.4. The molecule has 2 aromatic rings. The number of nitrogens with one attached hydrogen (secondary N) is 2. The monoisotopic (exact) mass is 626 g/mol. The van der Waals surface area contributed by atoms with Gasteiger partial charge in [-0.15, -0.1) is 0 Å².